The Kier molecular flexibility index (Phi) is 7.79. The molecule has 0 aliphatic carbocycles. The molecule has 3 aromatic carbocycles. The first-order valence-corrected chi connectivity index (χ1v) is 10.4. The number of hydrogen-bond donors (Lipinski definition) is 1. The molecule has 0 radical (unpaired) electrons. The molecule has 3 aromatic rings. The third-order valence-electron chi connectivity index (χ3n) is 4.42. The highest BCUT2D eigenvalue weighted by Crippen LogP contribution is 2.30. The molecule has 0 bridgehead atoms. The Hall–Kier alpha value is -3.89. The van der Waals surface area contributed by atoms with E-state index in [9.17, 15) is 14.9 Å². The molecule has 6 nitrogen and oxygen atoms in total. The summed E-state index contributed by atoms with van der Waals surface area (Å²) in [6.07, 6.45) is 1.45. The lowest BCUT2D eigenvalue weighted by atomic mass is 10.1. The average Bonchev–Trinajstić information content (AvgIpc) is 2.82. The van der Waals surface area contributed by atoms with Gasteiger partial charge in [0.1, 0.15) is 11.6 Å². The number of methoxy groups -OCH3 is 1. The Morgan fingerprint density at radius 1 is 1.03 bits per heavy atom. The molecule has 0 unspecified atom stereocenters. The standard InChI is InChI=1S/C25H19BrN2O4/c1-31-23-13-18(10-11-22(23)32-25(30)19-8-5-9-21(26)14-19)12-20(15-27)24(29)28-16-17-6-3-2-4-7-17/h2-14H,16H2,1H3,(H,28,29). The third kappa shape index (κ3) is 6.06. The minimum atomic E-state index is -0.536. The van der Waals surface area contributed by atoms with Gasteiger partial charge in [-0.05, 0) is 47.5 Å². The summed E-state index contributed by atoms with van der Waals surface area (Å²) >= 11 is 3.32. The number of halogens is 1. The topological polar surface area (TPSA) is 88.4 Å². The quantitative estimate of drug-likeness (QED) is 0.220. The molecule has 3 rings (SSSR count). The molecule has 0 aromatic heterocycles. The SMILES string of the molecule is COc1cc(C=C(C#N)C(=O)NCc2ccccc2)ccc1OC(=O)c1cccc(Br)c1. The van der Waals surface area contributed by atoms with Gasteiger partial charge in [0.25, 0.3) is 5.91 Å². The van der Waals surface area contributed by atoms with E-state index in [2.05, 4.69) is 21.2 Å². The van der Waals surface area contributed by atoms with Gasteiger partial charge in [0.05, 0.1) is 12.7 Å². The van der Waals surface area contributed by atoms with Crippen LogP contribution in [0.4, 0.5) is 0 Å². The maximum atomic E-state index is 12.4. The number of nitrogens with zero attached hydrogens (tertiary/aromatic N) is 1. The van der Waals surface area contributed by atoms with E-state index in [1.165, 1.54) is 13.2 Å². The number of ether oxygens (including phenoxy) is 2. The van der Waals surface area contributed by atoms with Crippen LogP contribution in [-0.4, -0.2) is 19.0 Å². The van der Waals surface area contributed by atoms with Crippen molar-refractivity contribution in [2.45, 2.75) is 6.54 Å². The predicted octanol–water partition coefficient (Wildman–Crippen LogP) is 4.90. The van der Waals surface area contributed by atoms with Crippen LogP contribution in [0.15, 0.2) is 82.8 Å². The fourth-order valence-electron chi connectivity index (χ4n) is 2.82. The molecular weight excluding hydrogens is 472 g/mol. The zero-order chi connectivity index (χ0) is 22.9. The zero-order valence-corrected chi connectivity index (χ0v) is 18.8. The van der Waals surface area contributed by atoms with E-state index in [1.54, 1.807) is 42.5 Å². The Balaban J connectivity index is 1.74. The fourth-order valence-corrected chi connectivity index (χ4v) is 3.22. The van der Waals surface area contributed by atoms with Crippen molar-refractivity contribution in [2.75, 3.05) is 7.11 Å². The molecular formula is C25H19BrN2O4. The van der Waals surface area contributed by atoms with Crippen molar-refractivity contribution < 1.29 is 19.1 Å². The molecule has 0 heterocycles. The Morgan fingerprint density at radius 3 is 2.50 bits per heavy atom. The number of rotatable bonds is 7. The van der Waals surface area contributed by atoms with Gasteiger partial charge in [-0.15, -0.1) is 0 Å². The van der Waals surface area contributed by atoms with E-state index in [-0.39, 0.29) is 11.3 Å². The van der Waals surface area contributed by atoms with E-state index < -0.39 is 11.9 Å². The second-order valence-corrected chi connectivity index (χ2v) is 7.56. The van der Waals surface area contributed by atoms with Crippen LogP contribution < -0.4 is 14.8 Å². The smallest absolute Gasteiger partial charge is 0.343 e. The van der Waals surface area contributed by atoms with Crippen LogP contribution in [0.3, 0.4) is 0 Å². The van der Waals surface area contributed by atoms with E-state index in [4.69, 9.17) is 9.47 Å². The summed E-state index contributed by atoms with van der Waals surface area (Å²) in [6.45, 7) is 0.312. The largest absolute Gasteiger partial charge is 0.493 e. The minimum Gasteiger partial charge on any atom is -0.493 e. The van der Waals surface area contributed by atoms with E-state index in [0.29, 0.717) is 23.4 Å². The highest BCUT2D eigenvalue weighted by atomic mass is 79.9. The number of hydrogen-bond acceptors (Lipinski definition) is 5. The second kappa shape index (κ2) is 10.9. The van der Waals surface area contributed by atoms with Gasteiger partial charge in [-0.3, -0.25) is 4.79 Å². The van der Waals surface area contributed by atoms with Crippen molar-refractivity contribution in [1.82, 2.24) is 5.32 Å². The Morgan fingerprint density at radius 2 is 1.81 bits per heavy atom. The molecule has 0 saturated carbocycles. The van der Waals surface area contributed by atoms with Crippen molar-refractivity contribution in [1.29, 1.82) is 5.26 Å². The lowest BCUT2D eigenvalue weighted by Gasteiger charge is -2.10. The molecule has 0 aliphatic rings. The Labute approximate surface area is 194 Å². The summed E-state index contributed by atoms with van der Waals surface area (Å²) in [5.41, 5.74) is 1.81. The van der Waals surface area contributed by atoms with Crippen LogP contribution >= 0.6 is 15.9 Å². The van der Waals surface area contributed by atoms with Crippen molar-refractivity contribution in [3.8, 4) is 17.6 Å². The predicted molar refractivity (Wildman–Crippen MR) is 124 cm³/mol. The summed E-state index contributed by atoms with van der Waals surface area (Å²) in [7, 11) is 1.44. The van der Waals surface area contributed by atoms with E-state index in [0.717, 1.165) is 10.0 Å². The molecule has 0 fully saturated rings. The van der Waals surface area contributed by atoms with Crippen LogP contribution in [0.5, 0.6) is 11.5 Å². The number of benzene rings is 3. The van der Waals surface area contributed by atoms with Gasteiger partial charge in [0.15, 0.2) is 11.5 Å². The molecule has 0 atom stereocenters. The number of carbonyl (C=O) groups is 2. The first-order valence-electron chi connectivity index (χ1n) is 9.60. The maximum absolute atomic E-state index is 12.4. The molecule has 7 heteroatoms. The molecule has 32 heavy (non-hydrogen) atoms. The van der Waals surface area contributed by atoms with Crippen molar-refractivity contribution in [3.05, 3.63) is 99.5 Å². The second-order valence-electron chi connectivity index (χ2n) is 6.65. The number of nitrogens with one attached hydrogen (secondary N) is 1. The highest BCUT2D eigenvalue weighted by Gasteiger charge is 2.14. The molecule has 0 aliphatic heterocycles. The molecule has 1 N–H and O–H groups in total. The number of carbonyl (C=O) groups excluding carboxylic acids is 2. The first kappa shape index (κ1) is 22.8. The number of nitriles is 1. The minimum absolute atomic E-state index is 0.0538. The summed E-state index contributed by atoms with van der Waals surface area (Å²) in [4.78, 5) is 24.8. The highest BCUT2D eigenvalue weighted by molar-refractivity contribution is 9.10. The lowest BCUT2D eigenvalue weighted by Crippen LogP contribution is -2.23. The maximum Gasteiger partial charge on any atom is 0.343 e. The van der Waals surface area contributed by atoms with Gasteiger partial charge >= 0.3 is 5.97 Å². The molecule has 160 valence electrons. The van der Waals surface area contributed by atoms with Crippen molar-refractivity contribution in [3.63, 3.8) is 0 Å². The summed E-state index contributed by atoms with van der Waals surface area (Å²) in [5, 5.41) is 12.1. The fraction of sp³-hybridized carbons (Fsp3) is 0.0800. The normalized spacial score (nSPS) is 10.7. The van der Waals surface area contributed by atoms with Crippen LogP contribution in [0.1, 0.15) is 21.5 Å². The Bertz CT molecular complexity index is 1200. The van der Waals surface area contributed by atoms with E-state index in [1.807, 2.05) is 36.4 Å². The summed E-state index contributed by atoms with van der Waals surface area (Å²) < 4.78 is 11.5. The lowest BCUT2D eigenvalue weighted by molar-refractivity contribution is -0.117. The number of esters is 1. The molecule has 1 amide bonds. The van der Waals surface area contributed by atoms with Crippen molar-refractivity contribution >= 4 is 33.9 Å². The van der Waals surface area contributed by atoms with Crippen LogP contribution in [0, 0.1) is 11.3 Å². The zero-order valence-electron chi connectivity index (χ0n) is 17.2. The van der Waals surface area contributed by atoms with Gasteiger partial charge < -0.3 is 14.8 Å². The van der Waals surface area contributed by atoms with Crippen LogP contribution in [0.25, 0.3) is 6.08 Å². The monoisotopic (exact) mass is 490 g/mol. The number of amides is 1. The van der Waals surface area contributed by atoms with Gasteiger partial charge in [0.2, 0.25) is 0 Å². The van der Waals surface area contributed by atoms with Gasteiger partial charge in [-0.1, -0.05) is 58.4 Å². The molecule has 0 saturated heterocycles. The van der Waals surface area contributed by atoms with Crippen LogP contribution in [0.2, 0.25) is 0 Å². The van der Waals surface area contributed by atoms with Gasteiger partial charge in [-0.2, -0.15) is 5.26 Å². The average molecular weight is 491 g/mol. The van der Waals surface area contributed by atoms with Crippen molar-refractivity contribution in [2.24, 2.45) is 0 Å². The molecule has 0 spiro atoms. The summed E-state index contributed by atoms with van der Waals surface area (Å²) in [5.74, 6) is -0.503. The van der Waals surface area contributed by atoms with Crippen LogP contribution in [-0.2, 0) is 11.3 Å². The summed E-state index contributed by atoms with van der Waals surface area (Å²) in [6, 6.07) is 22.9. The van der Waals surface area contributed by atoms with Gasteiger partial charge in [-0.25, -0.2) is 4.79 Å². The first-order chi connectivity index (χ1) is 15.5. The van der Waals surface area contributed by atoms with E-state index >= 15 is 0 Å². The van der Waals surface area contributed by atoms with Gasteiger partial charge in [0, 0.05) is 11.0 Å². The third-order valence-corrected chi connectivity index (χ3v) is 4.92.